The van der Waals surface area contributed by atoms with E-state index in [9.17, 15) is 4.79 Å². The Morgan fingerprint density at radius 2 is 2.46 bits per heavy atom. The van der Waals surface area contributed by atoms with Crippen LogP contribution in [-0.4, -0.2) is 36.0 Å². The molecule has 1 amide bonds. The van der Waals surface area contributed by atoms with Gasteiger partial charge in [-0.15, -0.1) is 0 Å². The maximum Gasteiger partial charge on any atom is 0.222 e. The number of likely N-dealkylation sites (tertiary alicyclic amines) is 1. The SMILES string of the molecule is CCCCC(=O)N1CC2CC1CN2. The fourth-order valence-electron chi connectivity index (χ4n) is 2.34. The van der Waals surface area contributed by atoms with Crippen LogP contribution < -0.4 is 5.32 Å². The van der Waals surface area contributed by atoms with Crippen molar-refractivity contribution in [1.29, 1.82) is 0 Å². The Bertz CT molecular complexity index is 205. The van der Waals surface area contributed by atoms with Gasteiger partial charge in [0.25, 0.3) is 0 Å². The van der Waals surface area contributed by atoms with Crippen LogP contribution in [0.2, 0.25) is 0 Å². The Hall–Kier alpha value is -0.570. The molecular weight excluding hydrogens is 164 g/mol. The third kappa shape index (κ3) is 1.70. The molecular formula is C10H18N2O. The van der Waals surface area contributed by atoms with Crippen LogP contribution in [0.5, 0.6) is 0 Å². The molecule has 2 unspecified atom stereocenters. The molecule has 0 spiro atoms. The first-order valence-corrected chi connectivity index (χ1v) is 5.34. The minimum Gasteiger partial charge on any atom is -0.337 e. The van der Waals surface area contributed by atoms with Crippen molar-refractivity contribution in [2.75, 3.05) is 13.1 Å². The molecule has 2 atom stereocenters. The topological polar surface area (TPSA) is 32.3 Å². The monoisotopic (exact) mass is 182 g/mol. The van der Waals surface area contributed by atoms with E-state index in [0.717, 1.165) is 32.4 Å². The Kier molecular flexibility index (Phi) is 2.54. The first kappa shape index (κ1) is 9.00. The van der Waals surface area contributed by atoms with Gasteiger partial charge in [-0.2, -0.15) is 0 Å². The molecule has 0 aromatic carbocycles. The molecule has 1 N–H and O–H groups in total. The Morgan fingerprint density at radius 1 is 1.62 bits per heavy atom. The third-order valence-electron chi connectivity index (χ3n) is 3.12. The van der Waals surface area contributed by atoms with Gasteiger partial charge in [0, 0.05) is 31.6 Å². The molecule has 2 aliphatic heterocycles. The summed E-state index contributed by atoms with van der Waals surface area (Å²) in [5.74, 6) is 0.371. The molecule has 0 aliphatic carbocycles. The number of amides is 1. The first-order chi connectivity index (χ1) is 6.31. The van der Waals surface area contributed by atoms with Gasteiger partial charge in [0.05, 0.1) is 0 Å². The molecule has 0 radical (unpaired) electrons. The lowest BCUT2D eigenvalue weighted by Crippen LogP contribution is -2.46. The largest absolute Gasteiger partial charge is 0.337 e. The normalized spacial score (nSPS) is 31.3. The van der Waals surface area contributed by atoms with Crippen LogP contribution in [-0.2, 0) is 4.79 Å². The highest BCUT2D eigenvalue weighted by Crippen LogP contribution is 2.24. The Morgan fingerprint density at radius 3 is 3.00 bits per heavy atom. The summed E-state index contributed by atoms with van der Waals surface area (Å²) in [7, 11) is 0. The highest BCUT2D eigenvalue weighted by atomic mass is 16.2. The number of fused-ring (bicyclic) bond motifs is 2. The van der Waals surface area contributed by atoms with Crippen molar-refractivity contribution in [3.8, 4) is 0 Å². The van der Waals surface area contributed by atoms with E-state index in [0.29, 0.717) is 18.0 Å². The van der Waals surface area contributed by atoms with Gasteiger partial charge in [0.1, 0.15) is 0 Å². The maximum absolute atomic E-state index is 11.7. The highest BCUT2D eigenvalue weighted by molar-refractivity contribution is 5.77. The fraction of sp³-hybridized carbons (Fsp3) is 0.900. The number of nitrogens with one attached hydrogen (secondary N) is 1. The van der Waals surface area contributed by atoms with Gasteiger partial charge >= 0.3 is 0 Å². The van der Waals surface area contributed by atoms with E-state index in [4.69, 9.17) is 0 Å². The van der Waals surface area contributed by atoms with E-state index in [1.165, 1.54) is 6.42 Å². The molecule has 0 saturated carbocycles. The summed E-state index contributed by atoms with van der Waals surface area (Å²) in [4.78, 5) is 13.8. The zero-order valence-electron chi connectivity index (χ0n) is 8.25. The van der Waals surface area contributed by atoms with Crippen LogP contribution in [0.4, 0.5) is 0 Å². The molecule has 13 heavy (non-hydrogen) atoms. The average Bonchev–Trinajstić information content (AvgIpc) is 2.74. The molecule has 3 nitrogen and oxygen atoms in total. The van der Waals surface area contributed by atoms with Gasteiger partial charge in [-0.25, -0.2) is 0 Å². The first-order valence-electron chi connectivity index (χ1n) is 5.34. The molecule has 3 heteroatoms. The number of carbonyl (C=O) groups is 1. The van der Waals surface area contributed by atoms with Crippen LogP contribution in [0.1, 0.15) is 32.6 Å². The minimum atomic E-state index is 0.371. The van der Waals surface area contributed by atoms with Crippen molar-refractivity contribution in [3.05, 3.63) is 0 Å². The van der Waals surface area contributed by atoms with Crippen molar-refractivity contribution >= 4 is 5.91 Å². The van der Waals surface area contributed by atoms with Crippen molar-refractivity contribution in [2.24, 2.45) is 0 Å². The quantitative estimate of drug-likeness (QED) is 0.698. The predicted molar refractivity (Wildman–Crippen MR) is 51.4 cm³/mol. The Balaban J connectivity index is 1.84. The zero-order valence-corrected chi connectivity index (χ0v) is 8.25. The van der Waals surface area contributed by atoms with Crippen molar-refractivity contribution < 1.29 is 4.79 Å². The van der Waals surface area contributed by atoms with Crippen LogP contribution in [0.15, 0.2) is 0 Å². The lowest BCUT2D eigenvalue weighted by Gasteiger charge is -2.27. The Labute approximate surface area is 79.5 Å². The summed E-state index contributed by atoms with van der Waals surface area (Å²) in [5, 5.41) is 3.40. The zero-order chi connectivity index (χ0) is 9.26. The highest BCUT2D eigenvalue weighted by Gasteiger charge is 2.39. The van der Waals surface area contributed by atoms with Gasteiger partial charge in [-0.3, -0.25) is 4.79 Å². The summed E-state index contributed by atoms with van der Waals surface area (Å²) in [6.45, 7) is 4.10. The van der Waals surface area contributed by atoms with Crippen LogP contribution in [0, 0.1) is 0 Å². The summed E-state index contributed by atoms with van der Waals surface area (Å²) in [6.07, 6.45) is 4.09. The van der Waals surface area contributed by atoms with E-state index < -0.39 is 0 Å². The summed E-state index contributed by atoms with van der Waals surface area (Å²) in [6, 6.07) is 1.10. The van der Waals surface area contributed by atoms with Gasteiger partial charge in [0.2, 0.25) is 5.91 Å². The van der Waals surface area contributed by atoms with Crippen molar-refractivity contribution in [1.82, 2.24) is 10.2 Å². The second-order valence-electron chi connectivity index (χ2n) is 4.14. The van der Waals surface area contributed by atoms with Gasteiger partial charge in [-0.1, -0.05) is 13.3 Å². The van der Waals surface area contributed by atoms with E-state index >= 15 is 0 Å². The molecule has 2 saturated heterocycles. The molecule has 0 aromatic heterocycles. The van der Waals surface area contributed by atoms with E-state index in [1.807, 2.05) is 0 Å². The number of hydrogen-bond donors (Lipinski definition) is 1. The second-order valence-corrected chi connectivity index (χ2v) is 4.14. The summed E-state index contributed by atoms with van der Waals surface area (Å²) >= 11 is 0. The van der Waals surface area contributed by atoms with Crippen LogP contribution in [0.25, 0.3) is 0 Å². The number of piperazine rings is 1. The van der Waals surface area contributed by atoms with Crippen molar-refractivity contribution in [2.45, 2.75) is 44.7 Å². The summed E-state index contributed by atoms with van der Waals surface area (Å²) < 4.78 is 0. The van der Waals surface area contributed by atoms with E-state index in [2.05, 4.69) is 17.1 Å². The number of rotatable bonds is 3. The number of carbonyl (C=O) groups excluding carboxylic acids is 1. The number of hydrogen-bond acceptors (Lipinski definition) is 2. The molecule has 2 bridgehead atoms. The predicted octanol–water partition coefficient (Wildman–Crippen LogP) is 0.749. The lowest BCUT2D eigenvalue weighted by atomic mass is 10.2. The molecule has 2 heterocycles. The molecule has 2 fully saturated rings. The molecule has 2 aliphatic rings. The second kappa shape index (κ2) is 3.66. The minimum absolute atomic E-state index is 0.371. The summed E-state index contributed by atoms with van der Waals surface area (Å²) in [5.41, 5.74) is 0. The number of nitrogens with zero attached hydrogens (tertiary/aromatic N) is 1. The van der Waals surface area contributed by atoms with Gasteiger partial charge < -0.3 is 10.2 Å². The average molecular weight is 182 g/mol. The number of unbranched alkanes of at least 4 members (excludes halogenated alkanes) is 1. The van der Waals surface area contributed by atoms with Gasteiger partial charge in [-0.05, 0) is 12.8 Å². The van der Waals surface area contributed by atoms with Gasteiger partial charge in [0.15, 0.2) is 0 Å². The third-order valence-corrected chi connectivity index (χ3v) is 3.12. The van der Waals surface area contributed by atoms with Crippen molar-refractivity contribution in [3.63, 3.8) is 0 Å². The fourth-order valence-corrected chi connectivity index (χ4v) is 2.34. The molecule has 74 valence electrons. The van der Waals surface area contributed by atoms with E-state index in [-0.39, 0.29) is 0 Å². The van der Waals surface area contributed by atoms with Crippen LogP contribution in [0.3, 0.4) is 0 Å². The maximum atomic E-state index is 11.7. The standard InChI is InChI=1S/C10H18N2O/c1-2-3-4-10(13)12-7-8-5-9(12)6-11-8/h8-9,11H,2-7H2,1H3. The van der Waals surface area contributed by atoms with Crippen LogP contribution >= 0.6 is 0 Å². The molecule has 0 aromatic rings. The lowest BCUT2D eigenvalue weighted by molar-refractivity contribution is -0.132. The van der Waals surface area contributed by atoms with E-state index in [1.54, 1.807) is 0 Å². The molecule has 2 rings (SSSR count). The smallest absolute Gasteiger partial charge is 0.222 e.